The standard InChI is InChI=1S/C29H44/c1-2-3-4-5-6-7-8-9-10-11-12-13-14-15-16-17-18-22-27-24-21-25-28-23-19-20-26-29(27)28/h9-10,19-21,23-26H,2-8,11-18,22H2,1H3/b10-9+. The second kappa shape index (κ2) is 16.3. The summed E-state index contributed by atoms with van der Waals surface area (Å²) in [6.45, 7) is 2.29. The molecule has 0 nitrogen and oxygen atoms in total. The van der Waals surface area contributed by atoms with Gasteiger partial charge in [-0.25, -0.2) is 0 Å². The molecular formula is C29H44. The Morgan fingerprint density at radius 2 is 1.10 bits per heavy atom. The van der Waals surface area contributed by atoms with E-state index in [1.807, 2.05) is 0 Å². The van der Waals surface area contributed by atoms with Crippen molar-refractivity contribution in [2.24, 2.45) is 0 Å². The molecule has 0 spiro atoms. The number of fused-ring (bicyclic) bond motifs is 1. The molecule has 0 aliphatic heterocycles. The van der Waals surface area contributed by atoms with Crippen LogP contribution in [0.5, 0.6) is 0 Å². The van der Waals surface area contributed by atoms with E-state index < -0.39 is 0 Å². The first-order valence-electron chi connectivity index (χ1n) is 12.5. The summed E-state index contributed by atoms with van der Waals surface area (Å²) in [5.41, 5.74) is 1.52. The lowest BCUT2D eigenvalue weighted by molar-refractivity contribution is 0.581. The Kier molecular flexibility index (Phi) is 13.3. The summed E-state index contributed by atoms with van der Waals surface area (Å²) >= 11 is 0. The van der Waals surface area contributed by atoms with Crippen molar-refractivity contribution in [3.05, 3.63) is 60.2 Å². The molecule has 0 amide bonds. The van der Waals surface area contributed by atoms with Gasteiger partial charge < -0.3 is 0 Å². The zero-order chi connectivity index (χ0) is 20.4. The van der Waals surface area contributed by atoms with Gasteiger partial charge in [0.2, 0.25) is 0 Å². The van der Waals surface area contributed by atoms with Gasteiger partial charge in [-0.2, -0.15) is 0 Å². The summed E-state index contributed by atoms with van der Waals surface area (Å²) in [6, 6.07) is 15.5. The summed E-state index contributed by atoms with van der Waals surface area (Å²) < 4.78 is 0. The maximum absolute atomic E-state index is 2.43. The SMILES string of the molecule is CCCCCCCC/C=C/CCCCCCCCCc1cccc2ccccc12. The van der Waals surface area contributed by atoms with Crippen molar-refractivity contribution in [1.82, 2.24) is 0 Å². The number of aryl methyl sites for hydroxylation is 1. The topological polar surface area (TPSA) is 0 Å². The van der Waals surface area contributed by atoms with Gasteiger partial charge in [-0.05, 0) is 54.9 Å². The average Bonchev–Trinajstić information content (AvgIpc) is 2.76. The number of unbranched alkanes of at least 4 members (excludes halogenated alkanes) is 13. The van der Waals surface area contributed by atoms with Crippen LogP contribution in [0.2, 0.25) is 0 Å². The van der Waals surface area contributed by atoms with Crippen LogP contribution in [0.15, 0.2) is 54.6 Å². The van der Waals surface area contributed by atoms with Crippen molar-refractivity contribution >= 4 is 10.8 Å². The maximum atomic E-state index is 2.43. The Bertz CT molecular complexity index is 661. The number of allylic oxidation sites excluding steroid dienone is 2. The largest absolute Gasteiger partial charge is 0.0885 e. The Hall–Kier alpha value is -1.56. The fourth-order valence-electron chi connectivity index (χ4n) is 4.25. The van der Waals surface area contributed by atoms with E-state index in [0.29, 0.717) is 0 Å². The van der Waals surface area contributed by atoms with E-state index in [2.05, 4.69) is 61.5 Å². The molecule has 0 radical (unpaired) electrons. The van der Waals surface area contributed by atoms with Gasteiger partial charge in [-0.1, -0.05) is 126 Å². The van der Waals surface area contributed by atoms with Crippen LogP contribution in [0.1, 0.15) is 109 Å². The Morgan fingerprint density at radius 1 is 0.552 bits per heavy atom. The minimum Gasteiger partial charge on any atom is -0.0885 e. The van der Waals surface area contributed by atoms with Crippen LogP contribution in [-0.2, 0) is 6.42 Å². The molecule has 0 bridgehead atoms. The molecule has 2 aromatic rings. The van der Waals surface area contributed by atoms with E-state index in [0.717, 1.165) is 0 Å². The lowest BCUT2D eigenvalue weighted by atomic mass is 9.99. The van der Waals surface area contributed by atoms with Crippen molar-refractivity contribution in [2.75, 3.05) is 0 Å². The highest BCUT2D eigenvalue weighted by atomic mass is 14.0. The minimum absolute atomic E-state index is 1.23. The molecule has 0 N–H and O–H groups in total. The molecule has 2 aromatic carbocycles. The Balaban J connectivity index is 1.39. The van der Waals surface area contributed by atoms with Gasteiger partial charge in [0, 0.05) is 0 Å². The van der Waals surface area contributed by atoms with Crippen LogP contribution in [0.3, 0.4) is 0 Å². The average molecular weight is 393 g/mol. The van der Waals surface area contributed by atoms with E-state index in [9.17, 15) is 0 Å². The minimum atomic E-state index is 1.23. The van der Waals surface area contributed by atoms with Gasteiger partial charge in [-0.15, -0.1) is 0 Å². The third-order valence-corrected chi connectivity index (χ3v) is 6.09. The van der Waals surface area contributed by atoms with Crippen molar-refractivity contribution < 1.29 is 0 Å². The number of hydrogen-bond acceptors (Lipinski definition) is 0. The van der Waals surface area contributed by atoms with Crippen molar-refractivity contribution in [3.63, 3.8) is 0 Å². The van der Waals surface area contributed by atoms with Crippen LogP contribution in [0, 0.1) is 0 Å². The van der Waals surface area contributed by atoms with Gasteiger partial charge in [0.15, 0.2) is 0 Å². The molecular weight excluding hydrogens is 348 g/mol. The highest BCUT2D eigenvalue weighted by molar-refractivity contribution is 5.85. The predicted octanol–water partition coefficient (Wildman–Crippen LogP) is 9.81. The first-order chi connectivity index (χ1) is 14.4. The molecule has 0 aliphatic rings. The summed E-state index contributed by atoms with van der Waals surface area (Å²) in [4.78, 5) is 0. The first kappa shape index (κ1) is 23.7. The van der Waals surface area contributed by atoms with E-state index >= 15 is 0 Å². The monoisotopic (exact) mass is 392 g/mol. The third kappa shape index (κ3) is 10.7. The van der Waals surface area contributed by atoms with Gasteiger partial charge in [0.05, 0.1) is 0 Å². The molecule has 29 heavy (non-hydrogen) atoms. The molecule has 0 fully saturated rings. The lowest BCUT2D eigenvalue weighted by Gasteiger charge is -2.06. The fraction of sp³-hybridized carbons (Fsp3) is 0.586. The smallest absolute Gasteiger partial charge is 0.0152 e. The summed E-state index contributed by atoms with van der Waals surface area (Å²) in [6.07, 6.45) is 26.8. The number of hydrogen-bond donors (Lipinski definition) is 0. The lowest BCUT2D eigenvalue weighted by Crippen LogP contribution is -1.88. The van der Waals surface area contributed by atoms with Crippen LogP contribution in [0.4, 0.5) is 0 Å². The summed E-state index contributed by atoms with van der Waals surface area (Å²) in [5.74, 6) is 0. The molecule has 0 heterocycles. The van der Waals surface area contributed by atoms with Crippen molar-refractivity contribution in [3.8, 4) is 0 Å². The molecule has 160 valence electrons. The zero-order valence-corrected chi connectivity index (χ0v) is 19.0. The molecule has 0 heteroatoms. The number of benzene rings is 2. The Morgan fingerprint density at radius 3 is 1.79 bits per heavy atom. The third-order valence-electron chi connectivity index (χ3n) is 6.09. The van der Waals surface area contributed by atoms with Crippen LogP contribution >= 0.6 is 0 Å². The van der Waals surface area contributed by atoms with E-state index in [1.54, 1.807) is 0 Å². The highest BCUT2D eigenvalue weighted by Crippen LogP contribution is 2.21. The molecule has 0 saturated heterocycles. The molecule has 0 aromatic heterocycles. The first-order valence-corrected chi connectivity index (χ1v) is 12.5. The quantitative estimate of drug-likeness (QED) is 0.185. The maximum Gasteiger partial charge on any atom is -0.0152 e. The van der Waals surface area contributed by atoms with Gasteiger partial charge in [0.1, 0.15) is 0 Å². The second-order valence-corrected chi connectivity index (χ2v) is 8.68. The summed E-state index contributed by atoms with van der Waals surface area (Å²) in [7, 11) is 0. The second-order valence-electron chi connectivity index (χ2n) is 8.68. The molecule has 0 aliphatic carbocycles. The predicted molar refractivity (Wildman–Crippen MR) is 132 cm³/mol. The fourth-order valence-corrected chi connectivity index (χ4v) is 4.25. The summed E-state index contributed by atoms with van der Waals surface area (Å²) in [5, 5.41) is 2.82. The van der Waals surface area contributed by atoms with Crippen LogP contribution in [-0.4, -0.2) is 0 Å². The molecule has 2 rings (SSSR count). The zero-order valence-electron chi connectivity index (χ0n) is 19.0. The van der Waals surface area contributed by atoms with Gasteiger partial charge >= 0.3 is 0 Å². The van der Waals surface area contributed by atoms with E-state index in [-0.39, 0.29) is 0 Å². The number of rotatable bonds is 17. The van der Waals surface area contributed by atoms with Crippen molar-refractivity contribution in [2.45, 2.75) is 110 Å². The normalized spacial score (nSPS) is 11.6. The molecule has 0 saturated carbocycles. The Labute approximate surface area is 180 Å². The van der Waals surface area contributed by atoms with E-state index in [1.165, 1.54) is 119 Å². The molecule has 0 atom stereocenters. The van der Waals surface area contributed by atoms with E-state index in [4.69, 9.17) is 0 Å². The van der Waals surface area contributed by atoms with Gasteiger partial charge in [-0.3, -0.25) is 0 Å². The van der Waals surface area contributed by atoms with Gasteiger partial charge in [0.25, 0.3) is 0 Å². The van der Waals surface area contributed by atoms with Crippen LogP contribution in [0.25, 0.3) is 10.8 Å². The van der Waals surface area contributed by atoms with Crippen LogP contribution < -0.4 is 0 Å². The van der Waals surface area contributed by atoms with Crippen molar-refractivity contribution in [1.29, 1.82) is 0 Å². The molecule has 0 unspecified atom stereocenters. The highest BCUT2D eigenvalue weighted by Gasteiger charge is 2.00.